The van der Waals surface area contributed by atoms with Crippen molar-refractivity contribution in [1.82, 2.24) is 0 Å². The summed E-state index contributed by atoms with van der Waals surface area (Å²) >= 11 is 0. The second-order valence-electron chi connectivity index (χ2n) is 2.74. The molecule has 2 N–H and O–H groups in total. The van der Waals surface area contributed by atoms with Crippen LogP contribution in [0.2, 0.25) is 5.82 Å². The average molecular weight is 126 g/mol. The molecule has 2 radical (unpaired) electrons. The molecule has 1 saturated carbocycles. The number of aliphatic hydroxyl groups excluding tert-OH is 2. The minimum atomic E-state index is -0.370. The molecule has 0 heterocycles. The van der Waals surface area contributed by atoms with E-state index in [1.807, 2.05) is 0 Å². The van der Waals surface area contributed by atoms with E-state index < -0.39 is 0 Å². The SMILES string of the molecule is [B]C1CC(O)[C@H](CO)C1. The first-order valence-corrected chi connectivity index (χ1v) is 3.28. The Morgan fingerprint density at radius 1 is 1.44 bits per heavy atom. The fourth-order valence-electron chi connectivity index (χ4n) is 1.34. The summed E-state index contributed by atoms with van der Waals surface area (Å²) in [7, 11) is 5.52. The van der Waals surface area contributed by atoms with Crippen molar-refractivity contribution in [2.45, 2.75) is 24.8 Å². The molecule has 50 valence electrons. The monoisotopic (exact) mass is 126 g/mol. The van der Waals surface area contributed by atoms with Gasteiger partial charge >= 0.3 is 0 Å². The fourth-order valence-corrected chi connectivity index (χ4v) is 1.34. The Hall–Kier alpha value is -0.0151. The molecular weight excluding hydrogens is 115 g/mol. The van der Waals surface area contributed by atoms with Crippen molar-refractivity contribution < 1.29 is 10.2 Å². The summed E-state index contributed by atoms with van der Waals surface area (Å²) < 4.78 is 0. The molecule has 0 aromatic carbocycles. The third kappa shape index (κ3) is 1.46. The van der Waals surface area contributed by atoms with Crippen molar-refractivity contribution in [3.63, 3.8) is 0 Å². The Labute approximate surface area is 56.3 Å². The van der Waals surface area contributed by atoms with Crippen LogP contribution < -0.4 is 0 Å². The van der Waals surface area contributed by atoms with Crippen LogP contribution in [0, 0.1) is 5.92 Å². The maximum atomic E-state index is 9.12. The molecule has 0 aliphatic heterocycles. The van der Waals surface area contributed by atoms with Crippen LogP contribution >= 0.6 is 0 Å². The van der Waals surface area contributed by atoms with E-state index >= 15 is 0 Å². The van der Waals surface area contributed by atoms with Gasteiger partial charge in [-0.1, -0.05) is 12.2 Å². The van der Waals surface area contributed by atoms with E-state index in [0.717, 1.165) is 6.42 Å². The summed E-state index contributed by atoms with van der Waals surface area (Å²) in [5, 5.41) is 17.8. The van der Waals surface area contributed by atoms with E-state index in [-0.39, 0.29) is 24.4 Å². The van der Waals surface area contributed by atoms with E-state index in [2.05, 4.69) is 0 Å². The van der Waals surface area contributed by atoms with Gasteiger partial charge < -0.3 is 10.2 Å². The first kappa shape index (κ1) is 7.10. The zero-order chi connectivity index (χ0) is 6.85. The van der Waals surface area contributed by atoms with Crippen LogP contribution in [0.1, 0.15) is 12.8 Å². The number of hydrogen-bond acceptors (Lipinski definition) is 2. The van der Waals surface area contributed by atoms with Gasteiger partial charge in [0.15, 0.2) is 0 Å². The molecule has 1 aliphatic rings. The standard InChI is InChI=1S/C6H11BO2/c7-5-1-4(3-8)6(9)2-5/h4-6,8-9H,1-3H2/t4-,5?,6?/m0/s1. The van der Waals surface area contributed by atoms with Gasteiger partial charge in [0.25, 0.3) is 0 Å². The maximum Gasteiger partial charge on any atom is 0.0700 e. The van der Waals surface area contributed by atoms with Gasteiger partial charge in [-0.2, -0.15) is 0 Å². The summed E-state index contributed by atoms with van der Waals surface area (Å²) in [4.78, 5) is 0. The van der Waals surface area contributed by atoms with Gasteiger partial charge in [-0.05, 0) is 6.42 Å². The first-order chi connectivity index (χ1) is 4.24. The molecule has 0 bridgehead atoms. The van der Waals surface area contributed by atoms with E-state index in [9.17, 15) is 0 Å². The lowest BCUT2D eigenvalue weighted by Crippen LogP contribution is -2.16. The third-order valence-electron chi connectivity index (χ3n) is 1.93. The van der Waals surface area contributed by atoms with Crippen LogP contribution in [0.25, 0.3) is 0 Å². The highest BCUT2D eigenvalue weighted by atomic mass is 16.3. The lowest BCUT2D eigenvalue weighted by Gasteiger charge is -2.08. The van der Waals surface area contributed by atoms with Gasteiger partial charge in [-0.25, -0.2) is 0 Å². The molecule has 1 rings (SSSR count). The normalized spacial score (nSPS) is 43.6. The maximum absolute atomic E-state index is 9.12. The smallest absolute Gasteiger partial charge is 0.0700 e. The second-order valence-corrected chi connectivity index (χ2v) is 2.74. The summed E-state index contributed by atoms with van der Waals surface area (Å²) in [5.41, 5.74) is 0. The van der Waals surface area contributed by atoms with Crippen LogP contribution in [0.5, 0.6) is 0 Å². The topological polar surface area (TPSA) is 40.5 Å². The predicted molar refractivity (Wildman–Crippen MR) is 35.3 cm³/mol. The van der Waals surface area contributed by atoms with Gasteiger partial charge in [0.05, 0.1) is 14.0 Å². The van der Waals surface area contributed by atoms with Gasteiger partial charge in [0, 0.05) is 12.5 Å². The summed E-state index contributed by atoms with van der Waals surface area (Å²) in [6, 6.07) is 0. The molecule has 0 amide bonds. The highest BCUT2D eigenvalue weighted by Gasteiger charge is 2.28. The van der Waals surface area contributed by atoms with Crippen molar-refractivity contribution >= 4 is 7.85 Å². The Morgan fingerprint density at radius 3 is 2.33 bits per heavy atom. The Kier molecular flexibility index (Phi) is 2.14. The van der Waals surface area contributed by atoms with Crippen molar-refractivity contribution in [3.8, 4) is 0 Å². The van der Waals surface area contributed by atoms with Crippen LogP contribution in [0.3, 0.4) is 0 Å². The highest BCUT2D eigenvalue weighted by Crippen LogP contribution is 2.32. The van der Waals surface area contributed by atoms with E-state index in [0.29, 0.717) is 6.42 Å². The molecular formula is C6H11BO2. The molecule has 1 aliphatic carbocycles. The van der Waals surface area contributed by atoms with Gasteiger partial charge in [-0.3, -0.25) is 0 Å². The van der Waals surface area contributed by atoms with E-state index in [1.54, 1.807) is 0 Å². The van der Waals surface area contributed by atoms with Crippen LogP contribution in [-0.2, 0) is 0 Å². The van der Waals surface area contributed by atoms with Crippen LogP contribution in [-0.4, -0.2) is 30.8 Å². The number of aliphatic hydroxyl groups is 2. The lowest BCUT2D eigenvalue weighted by molar-refractivity contribution is 0.0909. The number of rotatable bonds is 1. The molecule has 0 saturated heterocycles. The molecule has 1 fully saturated rings. The Morgan fingerprint density at radius 2 is 2.11 bits per heavy atom. The van der Waals surface area contributed by atoms with Crippen molar-refractivity contribution in [2.75, 3.05) is 6.61 Å². The minimum absolute atomic E-state index is 0.0278. The molecule has 0 aromatic rings. The molecule has 2 unspecified atom stereocenters. The van der Waals surface area contributed by atoms with Crippen molar-refractivity contribution in [2.24, 2.45) is 5.92 Å². The largest absolute Gasteiger partial charge is 0.396 e. The molecule has 9 heavy (non-hydrogen) atoms. The predicted octanol–water partition coefficient (Wildman–Crippen LogP) is -0.293. The molecule has 0 aromatic heterocycles. The molecule has 2 nitrogen and oxygen atoms in total. The van der Waals surface area contributed by atoms with Gasteiger partial charge in [-0.15, -0.1) is 0 Å². The van der Waals surface area contributed by atoms with Crippen LogP contribution in [0.4, 0.5) is 0 Å². The first-order valence-electron chi connectivity index (χ1n) is 3.28. The second kappa shape index (κ2) is 2.71. The minimum Gasteiger partial charge on any atom is -0.396 e. The lowest BCUT2D eigenvalue weighted by atomic mass is 9.85. The van der Waals surface area contributed by atoms with Crippen molar-refractivity contribution in [3.05, 3.63) is 0 Å². The highest BCUT2D eigenvalue weighted by molar-refractivity contribution is 6.11. The van der Waals surface area contributed by atoms with E-state index in [1.165, 1.54) is 0 Å². The molecule has 3 heteroatoms. The zero-order valence-corrected chi connectivity index (χ0v) is 5.33. The molecule has 3 atom stereocenters. The summed E-state index contributed by atoms with van der Waals surface area (Å²) in [6.07, 6.45) is 1.04. The Bertz CT molecular complexity index is 97.1. The van der Waals surface area contributed by atoms with Gasteiger partial charge in [0.1, 0.15) is 0 Å². The third-order valence-corrected chi connectivity index (χ3v) is 1.93. The quantitative estimate of drug-likeness (QED) is 0.474. The average Bonchev–Trinajstić information content (AvgIpc) is 2.10. The summed E-state index contributed by atoms with van der Waals surface area (Å²) in [5.74, 6) is 0.122. The molecule has 0 spiro atoms. The zero-order valence-electron chi connectivity index (χ0n) is 5.33. The van der Waals surface area contributed by atoms with Gasteiger partial charge in [0.2, 0.25) is 0 Å². The number of hydrogen-bond donors (Lipinski definition) is 2. The van der Waals surface area contributed by atoms with E-state index in [4.69, 9.17) is 18.1 Å². The van der Waals surface area contributed by atoms with Crippen LogP contribution in [0.15, 0.2) is 0 Å². The summed E-state index contributed by atoms with van der Waals surface area (Å²) in [6.45, 7) is 0.0644. The Balaban J connectivity index is 2.38. The fraction of sp³-hybridized carbons (Fsp3) is 1.00. The van der Waals surface area contributed by atoms with Crippen molar-refractivity contribution in [1.29, 1.82) is 0 Å².